The molecule has 0 radical (unpaired) electrons. The second-order valence-electron chi connectivity index (χ2n) is 5.99. The van der Waals surface area contributed by atoms with Crippen LogP contribution in [0.5, 0.6) is 0 Å². The Balaban J connectivity index is 2.88. The number of methoxy groups -OCH3 is 1. The molecule has 1 rings (SSSR count). The van der Waals surface area contributed by atoms with E-state index in [4.69, 9.17) is 0 Å². The van der Waals surface area contributed by atoms with Crippen molar-refractivity contribution in [2.75, 3.05) is 7.11 Å². The number of rotatable bonds is 9. The van der Waals surface area contributed by atoms with Crippen molar-refractivity contribution in [1.29, 1.82) is 0 Å². The highest BCUT2D eigenvalue weighted by Crippen LogP contribution is 2.16. The third kappa shape index (κ3) is 6.00. The average molecular weight is 401 g/mol. The minimum absolute atomic E-state index is 0.208. The number of carbonyl (C=O) groups is 2. The van der Waals surface area contributed by atoms with Crippen molar-refractivity contribution in [3.05, 3.63) is 34.4 Å². The Morgan fingerprint density at radius 1 is 1.22 bits per heavy atom. The van der Waals surface area contributed by atoms with Gasteiger partial charge in [0.05, 0.1) is 23.0 Å². The van der Waals surface area contributed by atoms with Gasteiger partial charge in [0.25, 0.3) is 5.69 Å². The lowest BCUT2D eigenvalue weighted by molar-refractivity contribution is -0.384. The molecule has 0 saturated heterocycles. The largest absolute Gasteiger partial charge is 0.467 e. The summed E-state index contributed by atoms with van der Waals surface area (Å²) in [4.78, 5) is 33.9. The third-order valence-electron chi connectivity index (χ3n) is 4.05. The molecule has 0 aliphatic carbocycles. The van der Waals surface area contributed by atoms with E-state index in [1.807, 2.05) is 6.92 Å². The van der Waals surface area contributed by atoms with E-state index in [1.54, 1.807) is 6.92 Å². The predicted octanol–water partition coefficient (Wildman–Crippen LogP) is 0.965. The molecule has 0 unspecified atom stereocenters. The molecule has 150 valence electrons. The van der Waals surface area contributed by atoms with Gasteiger partial charge in [0, 0.05) is 12.1 Å². The molecule has 0 saturated carbocycles. The Morgan fingerprint density at radius 3 is 2.22 bits per heavy atom. The summed E-state index contributed by atoms with van der Waals surface area (Å²) in [5.74, 6) is -1.53. The van der Waals surface area contributed by atoms with Gasteiger partial charge in [0.15, 0.2) is 0 Å². The zero-order chi connectivity index (χ0) is 20.8. The zero-order valence-electron chi connectivity index (χ0n) is 15.5. The number of esters is 1. The van der Waals surface area contributed by atoms with Gasteiger partial charge in [-0.05, 0) is 25.0 Å². The first-order valence-electron chi connectivity index (χ1n) is 8.18. The van der Waals surface area contributed by atoms with Crippen molar-refractivity contribution >= 4 is 27.6 Å². The molecule has 0 bridgehead atoms. The van der Waals surface area contributed by atoms with E-state index in [0.717, 1.165) is 24.3 Å². The van der Waals surface area contributed by atoms with Crippen LogP contribution in [0.4, 0.5) is 5.69 Å². The summed E-state index contributed by atoms with van der Waals surface area (Å²) in [6.07, 6.45) is 0.600. The zero-order valence-corrected chi connectivity index (χ0v) is 16.3. The highest BCUT2D eigenvalue weighted by atomic mass is 32.2. The van der Waals surface area contributed by atoms with Gasteiger partial charge >= 0.3 is 5.97 Å². The highest BCUT2D eigenvalue weighted by molar-refractivity contribution is 7.89. The minimum atomic E-state index is -4.08. The number of nitrogens with zero attached hydrogens (tertiary/aromatic N) is 1. The molecular weight excluding hydrogens is 378 g/mol. The normalized spacial score (nSPS) is 14.7. The Labute approximate surface area is 157 Å². The maximum Gasteiger partial charge on any atom is 0.328 e. The molecule has 1 aromatic rings. The van der Waals surface area contributed by atoms with Gasteiger partial charge in [-0.1, -0.05) is 20.3 Å². The van der Waals surface area contributed by atoms with Crippen LogP contribution in [0.25, 0.3) is 0 Å². The fraction of sp³-hybridized carbons (Fsp3) is 0.500. The van der Waals surface area contributed by atoms with Crippen molar-refractivity contribution in [2.45, 2.75) is 44.2 Å². The lowest BCUT2D eigenvalue weighted by Crippen LogP contribution is -2.52. The number of carbonyl (C=O) groups excluding carboxylic acids is 2. The fourth-order valence-corrected chi connectivity index (χ4v) is 3.38. The van der Waals surface area contributed by atoms with Crippen LogP contribution < -0.4 is 10.0 Å². The number of hydrogen-bond donors (Lipinski definition) is 2. The van der Waals surface area contributed by atoms with Crippen molar-refractivity contribution in [1.82, 2.24) is 10.0 Å². The summed E-state index contributed by atoms with van der Waals surface area (Å²) in [7, 11) is -2.89. The monoisotopic (exact) mass is 401 g/mol. The summed E-state index contributed by atoms with van der Waals surface area (Å²) in [6.45, 7) is 4.92. The van der Waals surface area contributed by atoms with E-state index in [9.17, 15) is 28.1 Å². The molecule has 0 heterocycles. The highest BCUT2D eigenvalue weighted by Gasteiger charge is 2.30. The molecule has 1 aromatic carbocycles. The standard InChI is InChI=1S/C16H23N3O7S/c1-5-10(2)14(16(21)26-4)17-15(20)11(3)18-27(24,25)13-8-6-12(7-9-13)19(22)23/h6-11,14,18H,5H2,1-4H3,(H,17,20)/t10-,11-,14-/m0/s1. The number of nitro benzene ring substituents is 1. The van der Waals surface area contributed by atoms with E-state index in [2.05, 4.69) is 14.8 Å². The van der Waals surface area contributed by atoms with E-state index in [-0.39, 0.29) is 16.5 Å². The second-order valence-corrected chi connectivity index (χ2v) is 7.70. The Kier molecular flexibility index (Phi) is 7.85. The second kappa shape index (κ2) is 9.42. The van der Waals surface area contributed by atoms with Crippen LogP contribution in [0.3, 0.4) is 0 Å². The topological polar surface area (TPSA) is 145 Å². The molecule has 1 amide bonds. The number of ether oxygens (including phenoxy) is 1. The smallest absolute Gasteiger partial charge is 0.328 e. The first-order chi connectivity index (χ1) is 12.5. The number of nitro groups is 1. The quantitative estimate of drug-likeness (QED) is 0.356. The molecule has 0 aliphatic heterocycles. The third-order valence-corrected chi connectivity index (χ3v) is 5.61. The number of sulfonamides is 1. The van der Waals surface area contributed by atoms with Gasteiger partial charge in [0.2, 0.25) is 15.9 Å². The molecular formula is C16H23N3O7S. The van der Waals surface area contributed by atoms with Gasteiger partial charge in [-0.15, -0.1) is 0 Å². The maximum atomic E-state index is 12.3. The van der Waals surface area contributed by atoms with Crippen molar-refractivity contribution in [3.63, 3.8) is 0 Å². The molecule has 0 spiro atoms. The van der Waals surface area contributed by atoms with Crippen LogP contribution in [0.15, 0.2) is 29.2 Å². The van der Waals surface area contributed by atoms with Crippen molar-refractivity contribution < 1.29 is 27.7 Å². The molecule has 0 aromatic heterocycles. The number of non-ortho nitro benzene ring substituents is 1. The van der Waals surface area contributed by atoms with E-state index >= 15 is 0 Å². The first kappa shape index (κ1) is 22.5. The molecule has 2 N–H and O–H groups in total. The van der Waals surface area contributed by atoms with Crippen LogP contribution in [-0.2, 0) is 24.3 Å². The number of nitrogens with one attached hydrogen (secondary N) is 2. The summed E-state index contributed by atoms with van der Waals surface area (Å²) < 4.78 is 31.5. The van der Waals surface area contributed by atoms with Crippen LogP contribution in [0.2, 0.25) is 0 Å². The Morgan fingerprint density at radius 2 is 1.78 bits per heavy atom. The Hall–Kier alpha value is -2.53. The van der Waals surface area contributed by atoms with Crippen molar-refractivity contribution in [3.8, 4) is 0 Å². The lowest BCUT2D eigenvalue weighted by Gasteiger charge is -2.23. The number of amides is 1. The SMILES string of the molecule is CC[C@H](C)[C@H](NC(=O)[C@H](C)NS(=O)(=O)c1ccc([N+](=O)[O-])cc1)C(=O)OC. The van der Waals surface area contributed by atoms with Crippen LogP contribution in [0, 0.1) is 16.0 Å². The van der Waals surface area contributed by atoms with Crippen LogP contribution >= 0.6 is 0 Å². The summed E-state index contributed by atoms with van der Waals surface area (Å²) in [5.41, 5.74) is -0.255. The van der Waals surface area contributed by atoms with E-state index < -0.39 is 38.9 Å². The predicted molar refractivity (Wildman–Crippen MR) is 96.3 cm³/mol. The molecule has 27 heavy (non-hydrogen) atoms. The molecule has 10 nitrogen and oxygen atoms in total. The van der Waals surface area contributed by atoms with Gasteiger partial charge < -0.3 is 10.1 Å². The maximum absolute atomic E-state index is 12.3. The number of hydrogen-bond acceptors (Lipinski definition) is 7. The fourth-order valence-electron chi connectivity index (χ4n) is 2.18. The van der Waals surface area contributed by atoms with Crippen LogP contribution in [-0.4, -0.2) is 44.4 Å². The van der Waals surface area contributed by atoms with Gasteiger partial charge in [-0.3, -0.25) is 14.9 Å². The first-order valence-corrected chi connectivity index (χ1v) is 9.66. The molecule has 11 heteroatoms. The summed E-state index contributed by atoms with van der Waals surface area (Å²) in [5, 5.41) is 13.1. The van der Waals surface area contributed by atoms with Crippen LogP contribution in [0.1, 0.15) is 27.2 Å². The van der Waals surface area contributed by atoms with Gasteiger partial charge in [0.1, 0.15) is 6.04 Å². The number of benzene rings is 1. The molecule has 3 atom stereocenters. The molecule has 0 aliphatic rings. The minimum Gasteiger partial charge on any atom is -0.467 e. The van der Waals surface area contributed by atoms with E-state index in [0.29, 0.717) is 6.42 Å². The van der Waals surface area contributed by atoms with Gasteiger partial charge in [-0.25, -0.2) is 13.2 Å². The average Bonchev–Trinajstić information content (AvgIpc) is 2.64. The Bertz CT molecular complexity index is 793. The summed E-state index contributed by atoms with van der Waals surface area (Å²) >= 11 is 0. The van der Waals surface area contributed by atoms with E-state index in [1.165, 1.54) is 14.0 Å². The summed E-state index contributed by atoms with van der Waals surface area (Å²) in [6, 6.07) is 2.16. The van der Waals surface area contributed by atoms with Crippen molar-refractivity contribution in [2.24, 2.45) is 5.92 Å². The lowest BCUT2D eigenvalue weighted by atomic mass is 9.99. The molecule has 0 fully saturated rings. The van der Waals surface area contributed by atoms with Gasteiger partial charge in [-0.2, -0.15) is 4.72 Å².